The average Bonchev–Trinajstić information content (AvgIpc) is 2.81. The number of fused-ring (bicyclic) bond motifs is 1. The van der Waals surface area contributed by atoms with E-state index in [1.54, 1.807) is 12.5 Å². The first-order valence-electron chi connectivity index (χ1n) is 5.41. The molecule has 3 heterocycles. The van der Waals surface area contributed by atoms with E-state index in [1.165, 1.54) is 5.56 Å². The lowest BCUT2D eigenvalue weighted by Crippen LogP contribution is -2.22. The van der Waals surface area contributed by atoms with Gasteiger partial charge in [-0.15, -0.1) is 0 Å². The fourth-order valence-corrected chi connectivity index (χ4v) is 2.08. The van der Waals surface area contributed by atoms with Crippen LogP contribution < -0.4 is 5.32 Å². The third-order valence-electron chi connectivity index (χ3n) is 2.89. The van der Waals surface area contributed by atoms with Crippen LogP contribution in [0.15, 0.2) is 18.7 Å². The summed E-state index contributed by atoms with van der Waals surface area (Å²) >= 11 is 0. The van der Waals surface area contributed by atoms with Gasteiger partial charge in [-0.05, 0) is 12.3 Å². The Bertz CT molecular complexity index is 492. The number of anilines is 1. The van der Waals surface area contributed by atoms with Gasteiger partial charge in [-0.2, -0.15) is 5.10 Å². The molecule has 1 aliphatic heterocycles. The number of hydrogen-bond donors (Lipinski definition) is 2. The lowest BCUT2D eigenvalue weighted by molar-refractivity contribution is 0.589. The largest absolute Gasteiger partial charge is 0.369 e. The predicted molar refractivity (Wildman–Crippen MR) is 67.7 cm³/mol. The van der Waals surface area contributed by atoms with Gasteiger partial charge in [0.2, 0.25) is 0 Å². The van der Waals surface area contributed by atoms with Gasteiger partial charge in [-0.25, -0.2) is 9.97 Å². The topological polar surface area (TPSA) is 66.5 Å². The second-order valence-electron chi connectivity index (χ2n) is 4.23. The van der Waals surface area contributed by atoms with Crippen molar-refractivity contribution in [3.8, 4) is 11.3 Å². The highest BCUT2D eigenvalue weighted by Gasteiger charge is 2.20. The number of rotatable bonds is 1. The summed E-state index contributed by atoms with van der Waals surface area (Å²) in [6.07, 6.45) is 6.28. The van der Waals surface area contributed by atoms with Crippen molar-refractivity contribution in [2.75, 3.05) is 11.9 Å². The molecule has 0 fully saturated rings. The number of H-pyrrole nitrogens is 1. The quantitative estimate of drug-likeness (QED) is 0.788. The summed E-state index contributed by atoms with van der Waals surface area (Å²) in [4.78, 5) is 8.63. The number of nitrogens with one attached hydrogen (secondary N) is 2. The van der Waals surface area contributed by atoms with Crippen LogP contribution in [0.4, 0.5) is 5.82 Å². The molecule has 3 rings (SSSR count). The second kappa shape index (κ2) is 4.53. The predicted octanol–water partition coefficient (Wildman–Crippen LogP) is 2.11. The Morgan fingerprint density at radius 3 is 3.00 bits per heavy atom. The van der Waals surface area contributed by atoms with E-state index in [1.807, 2.05) is 6.20 Å². The zero-order chi connectivity index (χ0) is 11.0. The van der Waals surface area contributed by atoms with Crippen molar-refractivity contribution in [1.82, 2.24) is 20.2 Å². The number of hydrogen-bond acceptors (Lipinski definition) is 4. The highest BCUT2D eigenvalue weighted by atomic mass is 15.1. The smallest absolute Gasteiger partial charge is 0.133 e. The van der Waals surface area contributed by atoms with E-state index in [4.69, 9.17) is 0 Å². The van der Waals surface area contributed by atoms with Crippen LogP contribution in [0.2, 0.25) is 0 Å². The van der Waals surface area contributed by atoms with Crippen molar-refractivity contribution in [3.63, 3.8) is 0 Å². The summed E-state index contributed by atoms with van der Waals surface area (Å²) in [5.41, 5.74) is 3.20. The van der Waals surface area contributed by atoms with E-state index < -0.39 is 0 Å². The monoisotopic (exact) mass is 231 g/mol. The molecule has 0 saturated carbocycles. The van der Waals surface area contributed by atoms with Gasteiger partial charge in [-0.1, -0.05) is 14.4 Å². The van der Waals surface area contributed by atoms with Crippen molar-refractivity contribution >= 4 is 5.82 Å². The Balaban J connectivity index is 0.00000108. The SMILES string of the molecule is C.CC1CNc2ncnc(-c3cn[nH]c3)c2C1. The molecule has 0 radical (unpaired) electrons. The number of aromatic amines is 1. The molecule has 90 valence electrons. The summed E-state index contributed by atoms with van der Waals surface area (Å²) in [5, 5.41) is 10.1. The third kappa shape index (κ3) is 2.00. The Kier molecular flexibility index (Phi) is 3.08. The molecule has 0 spiro atoms. The van der Waals surface area contributed by atoms with Crippen LogP contribution in [0, 0.1) is 5.92 Å². The number of nitrogens with zero attached hydrogens (tertiary/aromatic N) is 3. The normalized spacial score (nSPS) is 17.8. The van der Waals surface area contributed by atoms with Gasteiger partial charge in [-0.3, -0.25) is 5.10 Å². The molecule has 1 aliphatic rings. The molecule has 0 bridgehead atoms. The van der Waals surface area contributed by atoms with E-state index in [-0.39, 0.29) is 7.43 Å². The van der Waals surface area contributed by atoms with Gasteiger partial charge in [0, 0.05) is 23.9 Å². The molecule has 0 aliphatic carbocycles. The Morgan fingerprint density at radius 2 is 2.24 bits per heavy atom. The van der Waals surface area contributed by atoms with Gasteiger partial charge in [0.05, 0.1) is 11.9 Å². The minimum Gasteiger partial charge on any atom is -0.369 e. The first kappa shape index (κ1) is 11.6. The maximum atomic E-state index is 4.36. The van der Waals surface area contributed by atoms with Crippen LogP contribution in [0.3, 0.4) is 0 Å². The van der Waals surface area contributed by atoms with E-state index >= 15 is 0 Å². The molecular weight excluding hydrogens is 214 g/mol. The summed E-state index contributed by atoms with van der Waals surface area (Å²) in [7, 11) is 0. The van der Waals surface area contributed by atoms with Crippen LogP contribution in [0.25, 0.3) is 11.3 Å². The molecule has 1 atom stereocenters. The molecule has 0 saturated heterocycles. The summed E-state index contributed by atoms with van der Waals surface area (Å²) in [6, 6.07) is 0. The molecular formula is C12H17N5. The zero-order valence-corrected chi connectivity index (χ0v) is 9.07. The molecule has 2 N–H and O–H groups in total. The van der Waals surface area contributed by atoms with Crippen LogP contribution in [0.5, 0.6) is 0 Å². The van der Waals surface area contributed by atoms with Crippen molar-refractivity contribution < 1.29 is 0 Å². The van der Waals surface area contributed by atoms with Gasteiger partial charge >= 0.3 is 0 Å². The maximum absolute atomic E-state index is 4.36. The molecule has 2 aromatic heterocycles. The third-order valence-corrected chi connectivity index (χ3v) is 2.89. The van der Waals surface area contributed by atoms with Gasteiger partial charge in [0.15, 0.2) is 0 Å². The Labute approximate surface area is 101 Å². The number of aromatic nitrogens is 4. The maximum Gasteiger partial charge on any atom is 0.133 e. The van der Waals surface area contributed by atoms with Gasteiger partial charge in [0.25, 0.3) is 0 Å². The Hall–Kier alpha value is -1.91. The summed E-state index contributed by atoms with van der Waals surface area (Å²) < 4.78 is 0. The minimum absolute atomic E-state index is 0. The summed E-state index contributed by atoms with van der Waals surface area (Å²) in [6.45, 7) is 3.21. The second-order valence-corrected chi connectivity index (χ2v) is 4.23. The van der Waals surface area contributed by atoms with Gasteiger partial charge in [0.1, 0.15) is 12.1 Å². The first-order valence-corrected chi connectivity index (χ1v) is 5.41. The van der Waals surface area contributed by atoms with Crippen LogP contribution in [-0.2, 0) is 6.42 Å². The fraction of sp³-hybridized carbons (Fsp3) is 0.417. The molecule has 2 aromatic rings. The summed E-state index contributed by atoms with van der Waals surface area (Å²) in [5.74, 6) is 1.58. The molecule has 1 unspecified atom stereocenters. The van der Waals surface area contributed by atoms with E-state index in [2.05, 4.69) is 32.4 Å². The molecule has 17 heavy (non-hydrogen) atoms. The van der Waals surface area contributed by atoms with E-state index in [9.17, 15) is 0 Å². The fourth-order valence-electron chi connectivity index (χ4n) is 2.08. The van der Waals surface area contributed by atoms with E-state index in [0.717, 1.165) is 30.0 Å². The standard InChI is InChI=1S/C11H13N5.CH4/c1-7-2-9-10(8-4-15-16-5-8)13-6-14-11(9)12-3-7;/h4-7H,2-3H2,1H3,(H,15,16)(H,12,13,14);1H4. The lowest BCUT2D eigenvalue weighted by Gasteiger charge is -2.23. The molecule has 0 aromatic carbocycles. The minimum atomic E-state index is 0. The van der Waals surface area contributed by atoms with Crippen molar-refractivity contribution in [2.45, 2.75) is 20.8 Å². The van der Waals surface area contributed by atoms with Crippen molar-refractivity contribution in [2.24, 2.45) is 5.92 Å². The molecule has 5 nitrogen and oxygen atoms in total. The van der Waals surface area contributed by atoms with E-state index in [0.29, 0.717) is 5.92 Å². The molecule has 0 amide bonds. The van der Waals surface area contributed by atoms with Crippen LogP contribution in [-0.4, -0.2) is 26.7 Å². The Morgan fingerprint density at radius 1 is 1.35 bits per heavy atom. The molecule has 5 heteroatoms. The van der Waals surface area contributed by atoms with Crippen molar-refractivity contribution in [1.29, 1.82) is 0 Å². The zero-order valence-electron chi connectivity index (χ0n) is 9.07. The highest BCUT2D eigenvalue weighted by Crippen LogP contribution is 2.30. The first-order chi connectivity index (χ1) is 7.84. The van der Waals surface area contributed by atoms with Gasteiger partial charge < -0.3 is 5.32 Å². The van der Waals surface area contributed by atoms with Crippen LogP contribution in [0.1, 0.15) is 19.9 Å². The highest BCUT2D eigenvalue weighted by molar-refractivity contribution is 5.67. The van der Waals surface area contributed by atoms with Crippen LogP contribution >= 0.6 is 0 Å². The average molecular weight is 231 g/mol. The van der Waals surface area contributed by atoms with Crippen molar-refractivity contribution in [3.05, 3.63) is 24.3 Å². The lowest BCUT2D eigenvalue weighted by atomic mass is 9.95.